The normalized spacial score (nSPS) is 17.4. The van der Waals surface area contributed by atoms with Crippen LogP contribution in [0.1, 0.15) is 46.1 Å². The van der Waals surface area contributed by atoms with Gasteiger partial charge in [-0.15, -0.1) is 0 Å². The molecule has 1 N–H and O–H groups in total. The molecule has 1 saturated heterocycles. The predicted molar refractivity (Wildman–Crippen MR) is 127 cm³/mol. The van der Waals surface area contributed by atoms with Crippen molar-refractivity contribution in [3.63, 3.8) is 0 Å². The summed E-state index contributed by atoms with van der Waals surface area (Å²) in [5.74, 6) is 0.401. The number of pyridine rings is 1. The maximum absolute atomic E-state index is 13.7. The van der Waals surface area contributed by atoms with Gasteiger partial charge in [-0.25, -0.2) is 4.39 Å². The molecule has 0 radical (unpaired) electrons. The molecule has 1 amide bonds. The monoisotopic (exact) mass is 447 g/mol. The highest BCUT2D eigenvalue weighted by atomic mass is 19.1. The van der Waals surface area contributed by atoms with E-state index in [-0.39, 0.29) is 17.9 Å². The molecule has 2 atom stereocenters. The molecular formula is C27H30FN3O2. The molecule has 3 aromatic rings. The molecule has 6 heteroatoms. The zero-order chi connectivity index (χ0) is 23.2. The Morgan fingerprint density at radius 1 is 1.21 bits per heavy atom. The summed E-state index contributed by atoms with van der Waals surface area (Å²) in [4.78, 5) is 19.9. The predicted octanol–water partition coefficient (Wildman–Crippen LogP) is 4.92. The van der Waals surface area contributed by atoms with E-state index in [2.05, 4.69) is 40.3 Å². The third-order valence-corrected chi connectivity index (χ3v) is 6.28. The standard InChI is InChI=1S/C27H30FN3O2/c1-19-8-5-10-22(26(19)33-2)18-31-15-7-11-21(17-31)25(24-13-3-4-14-29-24)30-27(32)20-9-6-12-23(28)16-20/h3-6,8-10,12-14,16,21,25H,7,11,15,17-18H2,1-2H3,(H,30,32). The Morgan fingerprint density at radius 2 is 2.06 bits per heavy atom. The van der Waals surface area contributed by atoms with Crippen LogP contribution in [0.5, 0.6) is 5.75 Å². The SMILES string of the molecule is COc1c(C)cccc1CN1CCCC(C(NC(=O)c2cccc(F)c2)c2ccccn2)C1. The number of amides is 1. The number of nitrogens with zero attached hydrogens (tertiary/aromatic N) is 2. The molecule has 1 aliphatic rings. The van der Waals surface area contributed by atoms with Crippen LogP contribution in [-0.2, 0) is 6.54 Å². The van der Waals surface area contributed by atoms with Crippen molar-refractivity contribution in [3.8, 4) is 5.75 Å². The summed E-state index contributed by atoms with van der Waals surface area (Å²) in [6.07, 6.45) is 3.75. The summed E-state index contributed by atoms with van der Waals surface area (Å²) in [5.41, 5.74) is 3.42. The van der Waals surface area contributed by atoms with Crippen LogP contribution in [0.4, 0.5) is 4.39 Å². The minimum absolute atomic E-state index is 0.182. The molecule has 2 heterocycles. The van der Waals surface area contributed by atoms with Crippen molar-refractivity contribution >= 4 is 5.91 Å². The minimum atomic E-state index is -0.423. The molecule has 2 unspecified atom stereocenters. The second-order valence-corrected chi connectivity index (χ2v) is 8.62. The van der Waals surface area contributed by atoms with Gasteiger partial charge in [-0.05, 0) is 68.1 Å². The first-order valence-electron chi connectivity index (χ1n) is 11.4. The second-order valence-electron chi connectivity index (χ2n) is 8.62. The third kappa shape index (κ3) is 5.57. The van der Waals surface area contributed by atoms with Gasteiger partial charge in [0.15, 0.2) is 0 Å². The summed E-state index contributed by atoms with van der Waals surface area (Å²) in [6, 6.07) is 17.5. The first-order chi connectivity index (χ1) is 16.0. The van der Waals surface area contributed by atoms with E-state index in [1.165, 1.54) is 12.1 Å². The molecule has 1 aliphatic heterocycles. The molecule has 0 spiro atoms. The summed E-state index contributed by atoms with van der Waals surface area (Å²) in [7, 11) is 1.71. The van der Waals surface area contributed by atoms with Gasteiger partial charge in [-0.3, -0.25) is 14.7 Å². The Balaban J connectivity index is 1.54. The van der Waals surface area contributed by atoms with Gasteiger partial charge in [0.1, 0.15) is 11.6 Å². The lowest BCUT2D eigenvalue weighted by Crippen LogP contribution is -2.43. The van der Waals surface area contributed by atoms with Crippen LogP contribution in [0.15, 0.2) is 66.9 Å². The number of nitrogens with one attached hydrogen (secondary N) is 1. The molecule has 1 fully saturated rings. The first-order valence-corrected chi connectivity index (χ1v) is 11.4. The zero-order valence-corrected chi connectivity index (χ0v) is 19.1. The Hall–Kier alpha value is -3.25. The lowest BCUT2D eigenvalue weighted by molar-refractivity contribution is 0.0874. The van der Waals surface area contributed by atoms with Crippen molar-refractivity contribution in [1.29, 1.82) is 0 Å². The number of halogens is 1. The Bertz CT molecular complexity index is 1090. The van der Waals surface area contributed by atoms with E-state index in [1.54, 1.807) is 25.4 Å². The lowest BCUT2D eigenvalue weighted by Gasteiger charge is -2.37. The maximum atomic E-state index is 13.7. The largest absolute Gasteiger partial charge is 0.496 e. The number of hydrogen-bond acceptors (Lipinski definition) is 4. The number of benzene rings is 2. The topological polar surface area (TPSA) is 54.5 Å². The van der Waals surface area contributed by atoms with Crippen molar-refractivity contribution in [2.75, 3.05) is 20.2 Å². The quantitative estimate of drug-likeness (QED) is 0.559. The number of para-hydroxylation sites is 1. The van der Waals surface area contributed by atoms with Crippen LogP contribution in [-0.4, -0.2) is 36.0 Å². The number of ether oxygens (including phenoxy) is 1. The molecule has 5 nitrogen and oxygen atoms in total. The van der Waals surface area contributed by atoms with E-state index in [0.717, 1.165) is 55.0 Å². The molecule has 172 valence electrons. The van der Waals surface area contributed by atoms with Gasteiger partial charge in [0.25, 0.3) is 5.91 Å². The van der Waals surface area contributed by atoms with E-state index in [4.69, 9.17) is 4.74 Å². The number of carbonyl (C=O) groups excluding carboxylic acids is 1. The van der Waals surface area contributed by atoms with Crippen LogP contribution in [0, 0.1) is 18.7 Å². The van der Waals surface area contributed by atoms with Crippen LogP contribution in [0.2, 0.25) is 0 Å². The summed E-state index contributed by atoms with van der Waals surface area (Å²) < 4.78 is 19.3. The van der Waals surface area contributed by atoms with Gasteiger partial charge in [-0.1, -0.05) is 30.3 Å². The Morgan fingerprint density at radius 3 is 2.82 bits per heavy atom. The molecular weight excluding hydrogens is 417 g/mol. The average molecular weight is 448 g/mol. The fourth-order valence-electron chi connectivity index (χ4n) is 4.73. The van der Waals surface area contributed by atoms with Gasteiger partial charge in [0.05, 0.1) is 18.8 Å². The van der Waals surface area contributed by atoms with E-state index < -0.39 is 5.82 Å². The molecule has 1 aromatic heterocycles. The lowest BCUT2D eigenvalue weighted by atomic mass is 9.88. The third-order valence-electron chi connectivity index (χ3n) is 6.28. The number of methoxy groups -OCH3 is 1. The van der Waals surface area contributed by atoms with E-state index >= 15 is 0 Å². The van der Waals surface area contributed by atoms with Crippen LogP contribution >= 0.6 is 0 Å². The number of likely N-dealkylation sites (tertiary alicyclic amines) is 1. The average Bonchev–Trinajstić information content (AvgIpc) is 2.83. The summed E-state index contributed by atoms with van der Waals surface area (Å²) in [5, 5.41) is 3.14. The maximum Gasteiger partial charge on any atom is 0.251 e. The highest BCUT2D eigenvalue weighted by Gasteiger charge is 2.31. The molecule has 0 aliphatic carbocycles. The van der Waals surface area contributed by atoms with Gasteiger partial charge in [0.2, 0.25) is 0 Å². The molecule has 33 heavy (non-hydrogen) atoms. The van der Waals surface area contributed by atoms with E-state index in [9.17, 15) is 9.18 Å². The number of rotatable bonds is 7. The number of carbonyl (C=O) groups is 1. The number of piperidine rings is 1. The van der Waals surface area contributed by atoms with Crippen molar-refractivity contribution in [2.24, 2.45) is 5.92 Å². The fraction of sp³-hybridized carbons (Fsp3) is 0.333. The van der Waals surface area contributed by atoms with Crippen LogP contribution in [0.3, 0.4) is 0 Å². The highest BCUT2D eigenvalue weighted by Crippen LogP contribution is 2.32. The molecule has 4 rings (SSSR count). The number of aromatic nitrogens is 1. The van der Waals surface area contributed by atoms with Crippen molar-refractivity contribution in [3.05, 3.63) is 95.1 Å². The summed E-state index contributed by atoms with van der Waals surface area (Å²) in [6.45, 7) is 4.65. The molecule has 2 aromatic carbocycles. The van der Waals surface area contributed by atoms with Gasteiger partial charge < -0.3 is 10.1 Å². The Kier molecular flexibility index (Phi) is 7.35. The van der Waals surface area contributed by atoms with Crippen LogP contribution in [0.25, 0.3) is 0 Å². The second kappa shape index (κ2) is 10.6. The van der Waals surface area contributed by atoms with Gasteiger partial charge in [-0.2, -0.15) is 0 Å². The highest BCUT2D eigenvalue weighted by molar-refractivity contribution is 5.94. The van der Waals surface area contributed by atoms with Crippen molar-refractivity contribution < 1.29 is 13.9 Å². The summed E-state index contributed by atoms with van der Waals surface area (Å²) >= 11 is 0. The smallest absolute Gasteiger partial charge is 0.251 e. The van der Waals surface area contributed by atoms with Gasteiger partial charge in [0, 0.05) is 30.4 Å². The molecule has 0 bridgehead atoms. The van der Waals surface area contributed by atoms with Crippen LogP contribution < -0.4 is 10.1 Å². The molecule has 0 saturated carbocycles. The minimum Gasteiger partial charge on any atom is -0.496 e. The van der Waals surface area contributed by atoms with E-state index in [0.29, 0.717) is 5.56 Å². The van der Waals surface area contributed by atoms with E-state index in [1.807, 2.05) is 18.2 Å². The van der Waals surface area contributed by atoms with Crippen molar-refractivity contribution in [1.82, 2.24) is 15.2 Å². The van der Waals surface area contributed by atoms with Crippen molar-refractivity contribution in [2.45, 2.75) is 32.4 Å². The first kappa shape index (κ1) is 22.9. The fourth-order valence-corrected chi connectivity index (χ4v) is 4.73. The Labute approximate surface area is 194 Å². The number of hydrogen-bond donors (Lipinski definition) is 1. The zero-order valence-electron chi connectivity index (χ0n) is 19.1. The van der Waals surface area contributed by atoms with Gasteiger partial charge >= 0.3 is 0 Å². The number of aryl methyl sites for hydroxylation is 1.